The lowest BCUT2D eigenvalue weighted by atomic mass is 10.2. The number of aromatic nitrogens is 6. The molecule has 0 saturated carbocycles. The Balaban J connectivity index is 1.70. The van der Waals surface area contributed by atoms with Crippen LogP contribution in [0.15, 0.2) is 38.6 Å². The molecule has 0 aliphatic carbocycles. The molecule has 142 valence electrons. The molecule has 0 unspecified atom stereocenters. The smallest absolute Gasteiger partial charge is 0.245 e. The largest absolute Gasteiger partial charge is 0.495 e. The van der Waals surface area contributed by atoms with E-state index in [0.717, 1.165) is 0 Å². The number of nitrogens with one attached hydrogen (secondary N) is 2. The molecule has 0 atom stereocenters. The van der Waals surface area contributed by atoms with Gasteiger partial charge < -0.3 is 10.1 Å². The van der Waals surface area contributed by atoms with E-state index < -0.39 is 0 Å². The van der Waals surface area contributed by atoms with Gasteiger partial charge in [-0.2, -0.15) is 10.1 Å². The molecule has 0 amide bonds. The van der Waals surface area contributed by atoms with Crippen molar-refractivity contribution in [2.24, 2.45) is 5.10 Å². The maximum absolute atomic E-state index is 5.36. The Hall–Kier alpha value is -4.09. The summed E-state index contributed by atoms with van der Waals surface area (Å²) in [5, 5.41) is 22.4. The topological polar surface area (TPSA) is 149 Å². The number of hydrogen-bond acceptors (Lipinski definition) is 12. The molecule has 4 rings (SSSR count). The lowest BCUT2D eigenvalue weighted by molar-refractivity contribution is 0.304. The van der Waals surface area contributed by atoms with Crippen LogP contribution < -0.4 is 15.5 Å². The van der Waals surface area contributed by atoms with Crippen molar-refractivity contribution >= 4 is 34.3 Å². The van der Waals surface area contributed by atoms with Crippen molar-refractivity contribution in [2.75, 3.05) is 17.9 Å². The molecule has 4 aromatic rings. The van der Waals surface area contributed by atoms with E-state index in [0.29, 0.717) is 40.2 Å². The van der Waals surface area contributed by atoms with Gasteiger partial charge in [0, 0.05) is 0 Å². The molecule has 0 saturated heterocycles. The number of rotatable bonds is 6. The fourth-order valence-electron chi connectivity index (χ4n) is 2.43. The molecule has 0 bridgehead atoms. The van der Waals surface area contributed by atoms with Gasteiger partial charge in [-0.1, -0.05) is 17.3 Å². The molecule has 0 fully saturated rings. The number of methoxy groups -OCH3 is 1. The third kappa shape index (κ3) is 3.30. The number of benzene rings is 1. The van der Waals surface area contributed by atoms with Crippen LogP contribution in [-0.4, -0.2) is 43.4 Å². The summed E-state index contributed by atoms with van der Waals surface area (Å²) in [5.41, 5.74) is 5.75. The Morgan fingerprint density at radius 3 is 2.43 bits per heavy atom. The number of hydrogen-bond donors (Lipinski definition) is 2. The first kappa shape index (κ1) is 17.3. The highest BCUT2D eigenvalue weighted by Crippen LogP contribution is 2.29. The summed E-state index contributed by atoms with van der Waals surface area (Å²) in [6.07, 6.45) is 0. The third-order valence-electron chi connectivity index (χ3n) is 3.80. The van der Waals surface area contributed by atoms with Crippen molar-refractivity contribution in [3.63, 3.8) is 0 Å². The average molecular weight is 381 g/mol. The minimum Gasteiger partial charge on any atom is -0.495 e. The standard InChI is InChI=1S/C16H15N9O3/c1-8(12-9(2)22-27-23-12)20-21-14-13(18-15-16(19-14)25-28-24-15)17-10-6-4-5-7-11(10)26-3/h4-7H,1-3H3,(H,17,18,24)(H,19,21,25). The normalized spacial score (nSPS) is 11.6. The second-order valence-electron chi connectivity index (χ2n) is 5.66. The van der Waals surface area contributed by atoms with Gasteiger partial charge >= 0.3 is 0 Å². The van der Waals surface area contributed by atoms with Crippen molar-refractivity contribution in [3.8, 4) is 5.75 Å². The predicted molar refractivity (Wildman–Crippen MR) is 98.5 cm³/mol. The monoisotopic (exact) mass is 381 g/mol. The quantitative estimate of drug-likeness (QED) is 0.374. The maximum Gasteiger partial charge on any atom is 0.245 e. The molecular weight excluding hydrogens is 366 g/mol. The van der Waals surface area contributed by atoms with Crippen LogP contribution in [0.2, 0.25) is 0 Å². The zero-order valence-corrected chi connectivity index (χ0v) is 15.2. The van der Waals surface area contributed by atoms with Crippen molar-refractivity contribution in [3.05, 3.63) is 35.7 Å². The zero-order chi connectivity index (χ0) is 19.5. The van der Waals surface area contributed by atoms with Crippen LogP contribution in [-0.2, 0) is 0 Å². The first-order valence-electron chi connectivity index (χ1n) is 8.16. The van der Waals surface area contributed by atoms with Gasteiger partial charge in [0.05, 0.1) is 18.5 Å². The van der Waals surface area contributed by atoms with Gasteiger partial charge in [0.15, 0.2) is 17.3 Å². The third-order valence-corrected chi connectivity index (χ3v) is 3.80. The summed E-state index contributed by atoms with van der Waals surface area (Å²) in [4.78, 5) is 8.74. The van der Waals surface area contributed by atoms with Crippen LogP contribution in [0, 0.1) is 6.92 Å². The van der Waals surface area contributed by atoms with E-state index in [9.17, 15) is 0 Å². The minimum absolute atomic E-state index is 0.236. The summed E-state index contributed by atoms with van der Waals surface area (Å²) in [5.74, 6) is 1.31. The highest BCUT2D eigenvalue weighted by atomic mass is 16.6. The molecule has 0 aliphatic heterocycles. The van der Waals surface area contributed by atoms with Gasteiger partial charge in [0.2, 0.25) is 11.3 Å². The van der Waals surface area contributed by atoms with E-state index in [1.807, 2.05) is 24.3 Å². The van der Waals surface area contributed by atoms with E-state index in [1.165, 1.54) is 0 Å². The first-order chi connectivity index (χ1) is 13.7. The number of anilines is 3. The van der Waals surface area contributed by atoms with Crippen molar-refractivity contribution in [1.29, 1.82) is 0 Å². The summed E-state index contributed by atoms with van der Waals surface area (Å²) in [7, 11) is 1.58. The number of ether oxygens (including phenoxy) is 1. The van der Waals surface area contributed by atoms with Gasteiger partial charge in [-0.15, -0.1) is 0 Å². The fraction of sp³-hybridized carbons (Fsp3) is 0.188. The molecule has 3 aromatic heterocycles. The Morgan fingerprint density at radius 1 is 1.00 bits per heavy atom. The van der Waals surface area contributed by atoms with Crippen LogP contribution in [0.1, 0.15) is 18.3 Å². The second kappa shape index (κ2) is 7.26. The Morgan fingerprint density at radius 2 is 1.71 bits per heavy atom. The van der Waals surface area contributed by atoms with E-state index in [2.05, 4.69) is 46.4 Å². The van der Waals surface area contributed by atoms with Gasteiger partial charge in [-0.05, 0) is 41.5 Å². The van der Waals surface area contributed by atoms with Crippen molar-refractivity contribution in [1.82, 2.24) is 30.6 Å². The molecule has 12 heteroatoms. The molecule has 12 nitrogen and oxygen atoms in total. The SMILES string of the molecule is COc1ccccc1Nc1nc2nonc2nc1NN=C(C)c1nonc1C. The van der Waals surface area contributed by atoms with Crippen LogP contribution >= 0.6 is 0 Å². The number of para-hydroxylation sites is 2. The minimum atomic E-state index is 0.236. The van der Waals surface area contributed by atoms with Crippen LogP contribution in [0.25, 0.3) is 11.3 Å². The van der Waals surface area contributed by atoms with Crippen molar-refractivity contribution in [2.45, 2.75) is 13.8 Å². The number of nitrogens with zero attached hydrogens (tertiary/aromatic N) is 7. The number of hydrazone groups is 1. The lowest BCUT2D eigenvalue weighted by Crippen LogP contribution is -2.07. The molecule has 3 heterocycles. The van der Waals surface area contributed by atoms with Gasteiger partial charge in [-0.3, -0.25) is 5.43 Å². The molecule has 1 aromatic carbocycles. The first-order valence-corrected chi connectivity index (χ1v) is 8.16. The molecule has 0 aliphatic rings. The summed E-state index contributed by atoms with van der Waals surface area (Å²) >= 11 is 0. The fourth-order valence-corrected chi connectivity index (χ4v) is 2.43. The Labute approximate surface area is 157 Å². The van der Waals surface area contributed by atoms with E-state index in [-0.39, 0.29) is 11.3 Å². The maximum atomic E-state index is 5.36. The van der Waals surface area contributed by atoms with Gasteiger partial charge in [0.25, 0.3) is 0 Å². The van der Waals surface area contributed by atoms with Crippen LogP contribution in [0.3, 0.4) is 0 Å². The van der Waals surface area contributed by atoms with E-state index in [4.69, 9.17) is 14.0 Å². The number of fused-ring (bicyclic) bond motifs is 1. The predicted octanol–water partition coefficient (Wildman–Crippen LogP) is 2.29. The highest BCUT2D eigenvalue weighted by molar-refractivity contribution is 5.98. The summed E-state index contributed by atoms with van der Waals surface area (Å²) in [6, 6.07) is 7.39. The summed E-state index contributed by atoms with van der Waals surface area (Å²) in [6.45, 7) is 3.53. The molecule has 0 radical (unpaired) electrons. The van der Waals surface area contributed by atoms with Gasteiger partial charge in [0.1, 0.15) is 11.4 Å². The molecule has 28 heavy (non-hydrogen) atoms. The zero-order valence-electron chi connectivity index (χ0n) is 15.2. The Kier molecular flexibility index (Phi) is 4.50. The van der Waals surface area contributed by atoms with E-state index in [1.54, 1.807) is 21.0 Å². The average Bonchev–Trinajstić information content (AvgIpc) is 3.34. The van der Waals surface area contributed by atoms with E-state index >= 15 is 0 Å². The molecule has 2 N–H and O–H groups in total. The lowest BCUT2D eigenvalue weighted by Gasteiger charge is -2.12. The van der Waals surface area contributed by atoms with Gasteiger partial charge in [-0.25, -0.2) is 14.2 Å². The molecule has 0 spiro atoms. The summed E-state index contributed by atoms with van der Waals surface area (Å²) < 4.78 is 14.8. The van der Waals surface area contributed by atoms with Crippen LogP contribution in [0.4, 0.5) is 17.3 Å². The Bertz CT molecular complexity index is 1150. The highest BCUT2D eigenvalue weighted by Gasteiger charge is 2.15. The number of aryl methyl sites for hydroxylation is 1. The van der Waals surface area contributed by atoms with Crippen molar-refractivity contribution < 1.29 is 14.0 Å². The van der Waals surface area contributed by atoms with Crippen LogP contribution in [0.5, 0.6) is 5.75 Å². The molecular formula is C16H15N9O3. The second-order valence-corrected chi connectivity index (χ2v) is 5.66.